The molecule has 4 rings (SSSR count). The molecule has 1 amide bonds. The molecule has 34 heavy (non-hydrogen) atoms. The fourth-order valence-corrected chi connectivity index (χ4v) is 5.43. The summed E-state index contributed by atoms with van der Waals surface area (Å²) in [6.45, 7) is 5.15. The summed E-state index contributed by atoms with van der Waals surface area (Å²) in [5.41, 5.74) is 1.76. The number of nitrogens with zero attached hydrogens (tertiary/aromatic N) is 3. The van der Waals surface area contributed by atoms with Gasteiger partial charge in [0.25, 0.3) is 0 Å². The van der Waals surface area contributed by atoms with Crippen LogP contribution in [-0.2, 0) is 16.4 Å². The number of aryl methyl sites for hydroxylation is 1. The fourth-order valence-electron chi connectivity index (χ4n) is 3.96. The predicted molar refractivity (Wildman–Crippen MR) is 129 cm³/mol. The van der Waals surface area contributed by atoms with Crippen molar-refractivity contribution in [1.29, 1.82) is 0 Å². The van der Waals surface area contributed by atoms with Crippen molar-refractivity contribution in [3.05, 3.63) is 66.1 Å². The van der Waals surface area contributed by atoms with E-state index in [-0.39, 0.29) is 22.7 Å². The summed E-state index contributed by atoms with van der Waals surface area (Å²) in [5.74, 6) is 0.154. The topological polar surface area (TPSA) is 105 Å². The van der Waals surface area contributed by atoms with E-state index in [1.54, 1.807) is 12.1 Å². The SMILES string of the molecule is CC1CCN(S(=O)(=O)c2ccc(-c3nnc(C(=O)N[C@@H](C)CCc4ccccc4)o3)cc2)CC1. The third-order valence-electron chi connectivity index (χ3n) is 6.19. The van der Waals surface area contributed by atoms with Gasteiger partial charge in [-0.15, -0.1) is 10.2 Å². The second-order valence-electron chi connectivity index (χ2n) is 8.92. The van der Waals surface area contributed by atoms with E-state index < -0.39 is 15.9 Å². The second kappa shape index (κ2) is 10.5. The van der Waals surface area contributed by atoms with Gasteiger partial charge in [-0.05, 0) is 68.4 Å². The van der Waals surface area contributed by atoms with Crippen molar-refractivity contribution >= 4 is 15.9 Å². The Hall–Kier alpha value is -3.04. The zero-order valence-corrected chi connectivity index (χ0v) is 20.3. The number of amides is 1. The highest BCUT2D eigenvalue weighted by molar-refractivity contribution is 7.89. The van der Waals surface area contributed by atoms with E-state index in [2.05, 4.69) is 34.6 Å². The number of benzene rings is 2. The van der Waals surface area contributed by atoms with E-state index >= 15 is 0 Å². The Morgan fingerprint density at radius 3 is 2.44 bits per heavy atom. The van der Waals surface area contributed by atoms with Gasteiger partial charge in [0.15, 0.2) is 0 Å². The number of rotatable bonds is 8. The van der Waals surface area contributed by atoms with Crippen molar-refractivity contribution in [2.45, 2.75) is 50.5 Å². The van der Waals surface area contributed by atoms with Gasteiger partial charge in [0, 0.05) is 24.7 Å². The molecule has 0 bridgehead atoms. The third kappa shape index (κ3) is 5.71. The average molecular weight is 483 g/mol. The lowest BCUT2D eigenvalue weighted by atomic mass is 10.0. The minimum atomic E-state index is -3.53. The third-order valence-corrected chi connectivity index (χ3v) is 8.10. The van der Waals surface area contributed by atoms with Crippen LogP contribution >= 0.6 is 0 Å². The van der Waals surface area contributed by atoms with Crippen LogP contribution in [0.1, 0.15) is 49.4 Å². The Balaban J connectivity index is 1.36. The number of nitrogens with one attached hydrogen (secondary N) is 1. The summed E-state index contributed by atoms with van der Waals surface area (Å²) >= 11 is 0. The predicted octanol–water partition coefficient (Wildman–Crippen LogP) is 3.91. The Bertz CT molecular complexity index is 1200. The quantitative estimate of drug-likeness (QED) is 0.522. The lowest BCUT2D eigenvalue weighted by molar-refractivity contribution is 0.0904. The molecule has 3 aromatic rings. The van der Waals surface area contributed by atoms with Crippen molar-refractivity contribution in [2.24, 2.45) is 5.92 Å². The van der Waals surface area contributed by atoms with Gasteiger partial charge in [0.1, 0.15) is 0 Å². The molecule has 8 nitrogen and oxygen atoms in total. The van der Waals surface area contributed by atoms with E-state index in [0.29, 0.717) is 24.6 Å². The van der Waals surface area contributed by atoms with Gasteiger partial charge in [-0.1, -0.05) is 37.3 Å². The molecule has 0 spiro atoms. The number of hydrogen-bond acceptors (Lipinski definition) is 6. The maximum atomic E-state index is 12.9. The Morgan fingerprint density at radius 2 is 1.76 bits per heavy atom. The molecule has 2 heterocycles. The van der Waals surface area contributed by atoms with Crippen LogP contribution in [0.4, 0.5) is 0 Å². The van der Waals surface area contributed by atoms with Gasteiger partial charge in [-0.2, -0.15) is 4.31 Å². The van der Waals surface area contributed by atoms with Gasteiger partial charge in [-0.25, -0.2) is 8.42 Å². The molecule has 0 unspecified atom stereocenters. The van der Waals surface area contributed by atoms with Gasteiger partial charge < -0.3 is 9.73 Å². The van der Waals surface area contributed by atoms with E-state index in [1.165, 1.54) is 22.0 Å². The molecule has 0 saturated carbocycles. The van der Waals surface area contributed by atoms with Crippen molar-refractivity contribution in [2.75, 3.05) is 13.1 Å². The number of hydrogen-bond donors (Lipinski definition) is 1. The van der Waals surface area contributed by atoms with Crippen molar-refractivity contribution < 1.29 is 17.6 Å². The minimum Gasteiger partial charge on any atom is -0.412 e. The summed E-state index contributed by atoms with van der Waals surface area (Å²) in [6, 6.07) is 16.3. The van der Waals surface area contributed by atoms with Crippen LogP contribution in [0.25, 0.3) is 11.5 Å². The summed E-state index contributed by atoms with van der Waals surface area (Å²) in [6.07, 6.45) is 3.37. The molecule has 1 aliphatic heterocycles. The number of piperidine rings is 1. The van der Waals surface area contributed by atoms with E-state index in [4.69, 9.17) is 4.42 Å². The second-order valence-corrected chi connectivity index (χ2v) is 10.9. The molecule has 1 aliphatic rings. The van der Waals surface area contributed by atoms with E-state index in [1.807, 2.05) is 25.1 Å². The first kappa shape index (κ1) is 24.1. The van der Waals surface area contributed by atoms with Crippen LogP contribution in [0.2, 0.25) is 0 Å². The maximum absolute atomic E-state index is 12.9. The summed E-state index contributed by atoms with van der Waals surface area (Å²) in [5, 5.41) is 10.7. The van der Waals surface area contributed by atoms with E-state index in [0.717, 1.165) is 25.7 Å². The minimum absolute atomic E-state index is 0.0645. The first-order chi connectivity index (χ1) is 16.3. The molecule has 9 heteroatoms. The maximum Gasteiger partial charge on any atom is 0.309 e. The fraction of sp³-hybridized carbons (Fsp3) is 0.400. The normalized spacial score (nSPS) is 16.3. The largest absolute Gasteiger partial charge is 0.412 e. The van der Waals surface area contributed by atoms with Crippen molar-refractivity contribution in [3.8, 4) is 11.5 Å². The lowest BCUT2D eigenvalue weighted by Gasteiger charge is -2.29. The van der Waals surface area contributed by atoms with Crippen LogP contribution in [0.3, 0.4) is 0 Å². The molecular formula is C25H30N4O4S. The molecule has 1 N–H and O–H groups in total. The van der Waals surface area contributed by atoms with Crippen LogP contribution in [-0.4, -0.2) is 48.0 Å². The molecule has 180 valence electrons. The molecule has 1 fully saturated rings. The molecule has 1 atom stereocenters. The smallest absolute Gasteiger partial charge is 0.309 e. The van der Waals surface area contributed by atoms with E-state index in [9.17, 15) is 13.2 Å². The van der Waals surface area contributed by atoms with Gasteiger partial charge in [-0.3, -0.25) is 4.79 Å². The van der Waals surface area contributed by atoms with Crippen LogP contribution in [0.15, 0.2) is 63.9 Å². The highest BCUT2D eigenvalue weighted by Crippen LogP contribution is 2.25. The van der Waals surface area contributed by atoms with Crippen LogP contribution < -0.4 is 5.32 Å². The zero-order valence-electron chi connectivity index (χ0n) is 19.5. The molecule has 1 aromatic heterocycles. The monoisotopic (exact) mass is 482 g/mol. The first-order valence-corrected chi connectivity index (χ1v) is 13.1. The average Bonchev–Trinajstić information content (AvgIpc) is 3.34. The lowest BCUT2D eigenvalue weighted by Crippen LogP contribution is -2.37. The molecular weight excluding hydrogens is 452 g/mol. The van der Waals surface area contributed by atoms with Gasteiger partial charge >= 0.3 is 11.8 Å². The molecule has 0 aliphatic carbocycles. The molecule has 0 radical (unpaired) electrons. The summed E-state index contributed by atoms with van der Waals surface area (Å²) < 4.78 is 32.9. The highest BCUT2D eigenvalue weighted by atomic mass is 32.2. The summed E-state index contributed by atoms with van der Waals surface area (Å²) in [4.78, 5) is 12.7. The Kier molecular flexibility index (Phi) is 7.43. The standard InChI is InChI=1S/C25H30N4O4S/c1-18-14-16-29(17-15-18)34(31,32)22-12-10-21(11-13-22)24-27-28-25(33-24)23(30)26-19(2)8-9-20-6-4-3-5-7-20/h3-7,10-13,18-19H,8-9,14-17H2,1-2H3,(H,26,30)/t19-/m0/s1. The van der Waals surface area contributed by atoms with Crippen molar-refractivity contribution in [3.63, 3.8) is 0 Å². The molecule has 1 saturated heterocycles. The van der Waals surface area contributed by atoms with Gasteiger partial charge in [0.2, 0.25) is 15.9 Å². The Labute approximate surface area is 200 Å². The Morgan fingerprint density at radius 1 is 1.09 bits per heavy atom. The van der Waals surface area contributed by atoms with Gasteiger partial charge in [0.05, 0.1) is 4.90 Å². The summed E-state index contributed by atoms with van der Waals surface area (Å²) in [7, 11) is -3.53. The number of carbonyl (C=O) groups is 1. The highest BCUT2D eigenvalue weighted by Gasteiger charge is 2.28. The first-order valence-electron chi connectivity index (χ1n) is 11.6. The van der Waals surface area contributed by atoms with Crippen LogP contribution in [0, 0.1) is 5.92 Å². The zero-order chi connectivity index (χ0) is 24.1. The number of sulfonamides is 1. The van der Waals surface area contributed by atoms with Crippen molar-refractivity contribution in [1.82, 2.24) is 19.8 Å². The number of carbonyl (C=O) groups excluding carboxylic acids is 1. The number of aromatic nitrogens is 2. The molecule has 2 aromatic carbocycles. The van der Waals surface area contributed by atoms with Crippen LogP contribution in [0.5, 0.6) is 0 Å².